The van der Waals surface area contributed by atoms with E-state index in [9.17, 15) is 9.59 Å². The molecule has 0 aliphatic carbocycles. The molecular formula is C18H15NO5. The lowest BCUT2D eigenvalue weighted by Gasteiger charge is -2.04. The first-order valence-electron chi connectivity index (χ1n) is 7.26. The summed E-state index contributed by atoms with van der Waals surface area (Å²) in [6.07, 6.45) is 1.57. The molecule has 0 fully saturated rings. The van der Waals surface area contributed by atoms with E-state index in [4.69, 9.17) is 8.83 Å². The van der Waals surface area contributed by atoms with Gasteiger partial charge in [0.15, 0.2) is 11.5 Å². The zero-order valence-corrected chi connectivity index (χ0v) is 12.9. The zero-order valence-electron chi connectivity index (χ0n) is 12.9. The summed E-state index contributed by atoms with van der Waals surface area (Å²) in [6, 6.07) is 13.4. The fourth-order valence-electron chi connectivity index (χ4n) is 2.17. The van der Waals surface area contributed by atoms with E-state index in [0.717, 1.165) is 0 Å². The van der Waals surface area contributed by atoms with Gasteiger partial charge in [-0.25, -0.2) is 4.79 Å². The van der Waals surface area contributed by atoms with Crippen molar-refractivity contribution in [1.82, 2.24) is 5.32 Å². The molecule has 0 aliphatic heterocycles. The number of hydrogen-bond acceptors (Lipinski definition) is 5. The van der Waals surface area contributed by atoms with Gasteiger partial charge in [0.2, 0.25) is 0 Å². The maximum Gasteiger partial charge on any atom is 0.337 e. The fraction of sp³-hybridized carbons (Fsp3) is 0.111. The monoisotopic (exact) mass is 325 g/mol. The highest BCUT2D eigenvalue weighted by atomic mass is 16.5. The summed E-state index contributed by atoms with van der Waals surface area (Å²) in [5.41, 5.74) is 0.837. The Morgan fingerprint density at radius 1 is 1.00 bits per heavy atom. The number of rotatable bonds is 5. The third-order valence-electron chi connectivity index (χ3n) is 3.42. The lowest BCUT2D eigenvalue weighted by molar-refractivity contribution is 0.0600. The highest BCUT2D eigenvalue weighted by Gasteiger charge is 2.11. The maximum absolute atomic E-state index is 12.1. The summed E-state index contributed by atoms with van der Waals surface area (Å²) in [5.74, 6) is 1.14. The summed E-state index contributed by atoms with van der Waals surface area (Å²) in [4.78, 5) is 23.5. The molecular weight excluding hydrogens is 310 g/mol. The predicted molar refractivity (Wildman–Crippen MR) is 85.4 cm³/mol. The van der Waals surface area contributed by atoms with Crippen molar-refractivity contribution in [3.63, 3.8) is 0 Å². The minimum Gasteiger partial charge on any atom is -0.465 e. The smallest absolute Gasteiger partial charge is 0.337 e. The molecule has 0 saturated heterocycles. The number of ether oxygens (including phenoxy) is 1. The lowest BCUT2D eigenvalue weighted by Crippen LogP contribution is -2.22. The van der Waals surface area contributed by atoms with Crippen molar-refractivity contribution in [2.45, 2.75) is 6.54 Å². The molecule has 0 bridgehead atoms. The van der Waals surface area contributed by atoms with Crippen LogP contribution in [-0.4, -0.2) is 19.0 Å². The number of furan rings is 2. The van der Waals surface area contributed by atoms with E-state index in [0.29, 0.717) is 28.4 Å². The lowest BCUT2D eigenvalue weighted by atomic mass is 10.1. The fourth-order valence-corrected chi connectivity index (χ4v) is 2.17. The van der Waals surface area contributed by atoms with Gasteiger partial charge in [0.05, 0.1) is 25.5 Å². The summed E-state index contributed by atoms with van der Waals surface area (Å²) < 4.78 is 15.5. The first kappa shape index (κ1) is 15.6. The number of hydrogen-bond donors (Lipinski definition) is 1. The van der Waals surface area contributed by atoms with Crippen LogP contribution in [0, 0.1) is 0 Å². The van der Waals surface area contributed by atoms with Gasteiger partial charge < -0.3 is 18.9 Å². The van der Waals surface area contributed by atoms with Crippen LogP contribution < -0.4 is 5.32 Å². The number of esters is 1. The Hall–Kier alpha value is -3.28. The van der Waals surface area contributed by atoms with E-state index in [-0.39, 0.29) is 12.5 Å². The van der Waals surface area contributed by atoms with Crippen LogP contribution in [0.15, 0.2) is 63.6 Å². The van der Waals surface area contributed by atoms with Crippen molar-refractivity contribution in [1.29, 1.82) is 0 Å². The summed E-state index contributed by atoms with van der Waals surface area (Å²) in [5, 5.41) is 2.76. The molecule has 0 saturated carbocycles. The molecule has 122 valence electrons. The average Bonchev–Trinajstić information content (AvgIpc) is 3.30. The van der Waals surface area contributed by atoms with Crippen LogP contribution in [0.4, 0.5) is 0 Å². The molecule has 0 atom stereocenters. The Morgan fingerprint density at radius 3 is 2.42 bits per heavy atom. The summed E-state index contributed by atoms with van der Waals surface area (Å²) >= 11 is 0. The molecule has 6 nitrogen and oxygen atoms in total. The molecule has 0 spiro atoms. The van der Waals surface area contributed by atoms with Gasteiger partial charge in [-0.15, -0.1) is 0 Å². The second kappa shape index (κ2) is 6.87. The molecule has 1 N–H and O–H groups in total. The molecule has 24 heavy (non-hydrogen) atoms. The quantitative estimate of drug-likeness (QED) is 0.728. The highest BCUT2D eigenvalue weighted by Crippen LogP contribution is 2.22. The second-order valence-corrected chi connectivity index (χ2v) is 4.99. The number of amides is 1. The largest absolute Gasteiger partial charge is 0.465 e. The minimum absolute atomic E-state index is 0.248. The topological polar surface area (TPSA) is 81.7 Å². The van der Waals surface area contributed by atoms with E-state index >= 15 is 0 Å². The number of nitrogens with one attached hydrogen (secondary N) is 1. The number of carbonyl (C=O) groups excluding carboxylic acids is 2. The van der Waals surface area contributed by atoms with Gasteiger partial charge in [0.1, 0.15) is 5.76 Å². The van der Waals surface area contributed by atoms with Crippen LogP contribution in [0.25, 0.3) is 11.5 Å². The van der Waals surface area contributed by atoms with Gasteiger partial charge >= 0.3 is 5.97 Å². The van der Waals surface area contributed by atoms with Crippen LogP contribution in [0.1, 0.15) is 26.5 Å². The van der Waals surface area contributed by atoms with Crippen LogP contribution in [0.5, 0.6) is 0 Å². The highest BCUT2D eigenvalue weighted by molar-refractivity contribution is 5.96. The maximum atomic E-state index is 12.1. The molecule has 2 aromatic heterocycles. The summed E-state index contributed by atoms with van der Waals surface area (Å²) in [6.45, 7) is 0.248. The van der Waals surface area contributed by atoms with Crippen molar-refractivity contribution >= 4 is 11.9 Å². The first-order chi connectivity index (χ1) is 11.7. The molecule has 3 aromatic rings. The standard InChI is InChI=1S/C18H15NO5/c1-22-18(21)13-6-4-12(5-7-13)17(20)19-11-14-8-9-16(24-14)15-3-2-10-23-15/h2-10H,11H2,1H3,(H,19,20). The minimum atomic E-state index is -0.442. The number of methoxy groups -OCH3 is 1. The normalized spacial score (nSPS) is 10.4. The Morgan fingerprint density at radius 2 is 1.75 bits per heavy atom. The molecule has 0 unspecified atom stereocenters. The Labute approximate surface area is 138 Å². The Balaban J connectivity index is 1.60. The zero-order chi connectivity index (χ0) is 16.9. The van der Waals surface area contributed by atoms with Gasteiger partial charge in [-0.05, 0) is 48.5 Å². The SMILES string of the molecule is COC(=O)c1ccc(C(=O)NCc2ccc(-c3ccco3)o2)cc1. The third-order valence-corrected chi connectivity index (χ3v) is 3.42. The Bertz CT molecular complexity index is 831. The number of carbonyl (C=O) groups is 2. The van der Waals surface area contributed by atoms with Gasteiger partial charge in [0.25, 0.3) is 5.91 Å². The van der Waals surface area contributed by atoms with E-state index in [1.54, 1.807) is 54.8 Å². The van der Waals surface area contributed by atoms with Crippen LogP contribution in [-0.2, 0) is 11.3 Å². The third kappa shape index (κ3) is 3.38. The van der Waals surface area contributed by atoms with E-state index in [1.165, 1.54) is 7.11 Å². The molecule has 2 heterocycles. The molecule has 1 aromatic carbocycles. The molecule has 1 amide bonds. The van der Waals surface area contributed by atoms with Crippen molar-refractivity contribution in [3.8, 4) is 11.5 Å². The van der Waals surface area contributed by atoms with Gasteiger partial charge in [-0.2, -0.15) is 0 Å². The molecule has 0 radical (unpaired) electrons. The molecule has 0 aliphatic rings. The van der Waals surface area contributed by atoms with Gasteiger partial charge in [-0.3, -0.25) is 4.79 Å². The Kier molecular flexibility index (Phi) is 4.47. The van der Waals surface area contributed by atoms with Crippen molar-refractivity contribution in [3.05, 3.63) is 71.7 Å². The average molecular weight is 325 g/mol. The summed E-state index contributed by atoms with van der Waals surface area (Å²) in [7, 11) is 1.31. The van der Waals surface area contributed by atoms with Crippen LogP contribution >= 0.6 is 0 Å². The van der Waals surface area contributed by atoms with Crippen LogP contribution in [0.2, 0.25) is 0 Å². The van der Waals surface area contributed by atoms with Crippen LogP contribution in [0.3, 0.4) is 0 Å². The van der Waals surface area contributed by atoms with Crippen molar-refractivity contribution in [2.24, 2.45) is 0 Å². The predicted octanol–water partition coefficient (Wildman–Crippen LogP) is 3.26. The molecule has 6 heteroatoms. The van der Waals surface area contributed by atoms with E-state index in [2.05, 4.69) is 10.1 Å². The number of benzene rings is 1. The van der Waals surface area contributed by atoms with Gasteiger partial charge in [0, 0.05) is 5.56 Å². The van der Waals surface area contributed by atoms with E-state index in [1.807, 2.05) is 0 Å². The van der Waals surface area contributed by atoms with Crippen molar-refractivity contribution in [2.75, 3.05) is 7.11 Å². The van der Waals surface area contributed by atoms with E-state index < -0.39 is 5.97 Å². The van der Waals surface area contributed by atoms with Gasteiger partial charge in [-0.1, -0.05) is 0 Å². The first-order valence-corrected chi connectivity index (χ1v) is 7.26. The molecule has 3 rings (SSSR count). The second-order valence-electron chi connectivity index (χ2n) is 4.99. The van der Waals surface area contributed by atoms with Crippen molar-refractivity contribution < 1.29 is 23.2 Å².